The van der Waals surface area contributed by atoms with Crippen molar-refractivity contribution < 1.29 is 0 Å². The molecule has 0 radical (unpaired) electrons. The smallest absolute Gasteiger partial charge is 0.137 e. The van der Waals surface area contributed by atoms with Crippen molar-refractivity contribution in [2.24, 2.45) is 4.99 Å². The van der Waals surface area contributed by atoms with Crippen molar-refractivity contribution in [3.05, 3.63) is 164 Å². The molecule has 0 atom stereocenters. The van der Waals surface area contributed by atoms with E-state index in [2.05, 4.69) is 159 Å². The molecule has 6 nitrogen and oxygen atoms in total. The Labute approximate surface area is 279 Å². The first-order chi connectivity index (χ1) is 23.8. The van der Waals surface area contributed by atoms with Crippen molar-refractivity contribution in [3.63, 3.8) is 0 Å². The number of benzene rings is 5. The summed E-state index contributed by atoms with van der Waals surface area (Å²) in [7, 11) is 0. The first-order valence-electron chi connectivity index (χ1n) is 16.3. The Morgan fingerprint density at radius 1 is 0.583 bits per heavy atom. The highest BCUT2D eigenvalue weighted by Crippen LogP contribution is 2.40. The molecule has 7 aromatic rings. The Kier molecular flexibility index (Phi) is 6.82. The lowest BCUT2D eigenvalue weighted by molar-refractivity contribution is 0.833. The molecule has 0 spiro atoms. The largest absolute Gasteiger partial charge is 0.361 e. The van der Waals surface area contributed by atoms with Crippen LogP contribution in [0.1, 0.15) is 0 Å². The van der Waals surface area contributed by atoms with Gasteiger partial charge in [-0.2, -0.15) is 0 Å². The number of nitrogens with zero attached hydrogens (tertiary/aromatic N) is 5. The SMILES string of the molecule is C1=Nc2ccccc2-c2ccccc2N/C=C/C=C\1N1CCN(c2ccc(-n3c4ccccc4c4ccccc43)nc2)c2ccccc21. The topological polar surface area (TPSA) is 48.7 Å². The van der Waals surface area contributed by atoms with E-state index >= 15 is 0 Å². The molecule has 5 aromatic carbocycles. The number of aromatic nitrogens is 2. The molecular weight excluding hydrogens is 589 g/mol. The summed E-state index contributed by atoms with van der Waals surface area (Å²) in [5, 5.41) is 5.96. The summed E-state index contributed by atoms with van der Waals surface area (Å²) in [6.45, 7) is 1.58. The van der Waals surface area contributed by atoms with Gasteiger partial charge in [0.15, 0.2) is 0 Å². The minimum Gasteiger partial charge on any atom is -0.361 e. The van der Waals surface area contributed by atoms with E-state index in [0.29, 0.717) is 0 Å². The van der Waals surface area contributed by atoms with Crippen LogP contribution in [0.2, 0.25) is 0 Å². The van der Waals surface area contributed by atoms with Gasteiger partial charge in [-0.3, -0.25) is 9.56 Å². The second-order valence-electron chi connectivity index (χ2n) is 12.0. The van der Waals surface area contributed by atoms with Crippen LogP contribution in [0.5, 0.6) is 0 Å². The molecule has 2 aliphatic heterocycles. The Bertz CT molecular complexity index is 2350. The number of hydrogen-bond donors (Lipinski definition) is 1. The van der Waals surface area contributed by atoms with Gasteiger partial charge in [-0.05, 0) is 60.7 Å². The molecule has 230 valence electrons. The second-order valence-corrected chi connectivity index (χ2v) is 12.0. The van der Waals surface area contributed by atoms with Crippen molar-refractivity contribution in [2.75, 3.05) is 28.2 Å². The van der Waals surface area contributed by atoms with Crippen molar-refractivity contribution in [1.29, 1.82) is 0 Å². The van der Waals surface area contributed by atoms with Crippen LogP contribution in [-0.4, -0.2) is 28.9 Å². The molecule has 2 aromatic heterocycles. The number of nitrogens with one attached hydrogen (secondary N) is 1. The minimum atomic E-state index is 0.784. The lowest BCUT2D eigenvalue weighted by Gasteiger charge is -2.39. The number of hydrogen-bond acceptors (Lipinski definition) is 5. The number of pyridine rings is 1. The third kappa shape index (κ3) is 4.74. The van der Waals surface area contributed by atoms with Crippen LogP contribution in [0.3, 0.4) is 0 Å². The summed E-state index contributed by atoms with van der Waals surface area (Å²) < 4.78 is 2.26. The van der Waals surface area contributed by atoms with E-state index in [0.717, 1.165) is 75.2 Å². The van der Waals surface area contributed by atoms with E-state index in [9.17, 15) is 0 Å². The van der Waals surface area contributed by atoms with E-state index in [1.807, 2.05) is 24.7 Å². The molecule has 0 saturated carbocycles. The van der Waals surface area contributed by atoms with Gasteiger partial charge in [0.2, 0.25) is 0 Å². The van der Waals surface area contributed by atoms with Crippen molar-refractivity contribution in [3.8, 4) is 16.9 Å². The van der Waals surface area contributed by atoms with E-state index in [1.54, 1.807) is 0 Å². The van der Waals surface area contributed by atoms with Crippen LogP contribution in [0.4, 0.5) is 28.4 Å². The summed E-state index contributed by atoms with van der Waals surface area (Å²) in [5.74, 6) is 0.907. The predicted molar refractivity (Wildman–Crippen MR) is 200 cm³/mol. The van der Waals surface area contributed by atoms with Crippen LogP contribution in [-0.2, 0) is 0 Å². The van der Waals surface area contributed by atoms with Gasteiger partial charge in [0.05, 0.1) is 51.9 Å². The van der Waals surface area contributed by atoms with E-state index in [4.69, 9.17) is 9.98 Å². The van der Waals surface area contributed by atoms with Crippen LogP contribution in [0.15, 0.2) is 169 Å². The van der Waals surface area contributed by atoms with Crippen molar-refractivity contribution in [1.82, 2.24) is 9.55 Å². The van der Waals surface area contributed by atoms with Gasteiger partial charge in [0, 0.05) is 46.9 Å². The van der Waals surface area contributed by atoms with Crippen LogP contribution in [0, 0.1) is 0 Å². The van der Waals surface area contributed by atoms with E-state index in [1.165, 1.54) is 10.8 Å². The molecule has 9 rings (SSSR count). The molecular formula is C42H32N6. The first-order valence-corrected chi connectivity index (χ1v) is 16.3. The molecule has 0 unspecified atom stereocenters. The quantitative estimate of drug-likeness (QED) is 0.214. The number of rotatable bonds is 3. The molecule has 0 saturated heterocycles. The molecule has 0 bridgehead atoms. The third-order valence-corrected chi connectivity index (χ3v) is 9.23. The van der Waals surface area contributed by atoms with Crippen LogP contribution >= 0.6 is 0 Å². The molecule has 4 heterocycles. The average Bonchev–Trinajstić information content (AvgIpc) is 3.47. The maximum atomic E-state index is 5.05. The van der Waals surface area contributed by atoms with Crippen LogP contribution < -0.4 is 15.1 Å². The van der Waals surface area contributed by atoms with Gasteiger partial charge in [0.1, 0.15) is 5.82 Å². The Morgan fingerprint density at radius 3 is 2.00 bits per heavy atom. The predicted octanol–water partition coefficient (Wildman–Crippen LogP) is 10.0. The fraction of sp³-hybridized carbons (Fsp3) is 0.0476. The highest BCUT2D eigenvalue weighted by molar-refractivity contribution is 6.09. The summed E-state index contributed by atoms with van der Waals surface area (Å²) in [4.78, 5) is 14.8. The lowest BCUT2D eigenvalue weighted by atomic mass is 10.0. The summed E-state index contributed by atoms with van der Waals surface area (Å²) >= 11 is 0. The maximum absolute atomic E-state index is 5.05. The molecule has 1 N–H and O–H groups in total. The first kappa shape index (κ1) is 27.9. The Morgan fingerprint density at radius 2 is 1.23 bits per heavy atom. The Hall–Kier alpha value is -6.40. The normalized spacial score (nSPS) is 15.9. The van der Waals surface area contributed by atoms with Gasteiger partial charge in [-0.1, -0.05) is 84.9 Å². The second kappa shape index (κ2) is 11.8. The Balaban J connectivity index is 1.07. The highest BCUT2D eigenvalue weighted by atomic mass is 15.3. The number of para-hydroxylation sites is 6. The van der Waals surface area contributed by atoms with Gasteiger partial charge in [-0.15, -0.1) is 0 Å². The molecule has 0 aliphatic carbocycles. The van der Waals surface area contributed by atoms with Gasteiger partial charge in [-0.25, -0.2) is 4.98 Å². The fourth-order valence-electron chi connectivity index (χ4n) is 7.02. The summed E-state index contributed by atoms with van der Waals surface area (Å²) in [5.41, 5.74) is 10.8. The van der Waals surface area contributed by atoms with Gasteiger partial charge in [0.25, 0.3) is 0 Å². The average molecular weight is 621 g/mol. The van der Waals surface area contributed by atoms with Gasteiger partial charge >= 0.3 is 0 Å². The zero-order valence-electron chi connectivity index (χ0n) is 26.2. The number of fused-ring (bicyclic) bond motifs is 7. The van der Waals surface area contributed by atoms with Crippen molar-refractivity contribution in [2.45, 2.75) is 0 Å². The number of anilines is 4. The van der Waals surface area contributed by atoms with Crippen LogP contribution in [0.25, 0.3) is 38.8 Å². The standard InChI is InChI=1S/C42H32N6/c1-5-17-36-32(13-1)33-14-2-6-18-37(33)44-28-30(12-11-25-43-36)46-26-27-47(41-22-10-9-21-40(41)46)31-23-24-42(45-29-31)48-38-19-7-3-15-34(38)35-16-4-8-20-39(35)48/h1-25,28-29,43H,26-27H2/b25-11+,30-12+,44-28?. The zero-order chi connectivity index (χ0) is 31.9. The highest BCUT2D eigenvalue weighted by Gasteiger charge is 2.25. The van der Waals surface area contributed by atoms with Gasteiger partial charge < -0.3 is 15.1 Å². The van der Waals surface area contributed by atoms with E-state index in [-0.39, 0.29) is 0 Å². The molecule has 48 heavy (non-hydrogen) atoms. The maximum Gasteiger partial charge on any atom is 0.137 e. The van der Waals surface area contributed by atoms with E-state index < -0.39 is 0 Å². The number of allylic oxidation sites excluding steroid dienone is 3. The molecule has 0 amide bonds. The lowest BCUT2D eigenvalue weighted by Crippen LogP contribution is -2.38. The fourth-order valence-corrected chi connectivity index (χ4v) is 7.02. The zero-order valence-corrected chi connectivity index (χ0v) is 26.2. The third-order valence-electron chi connectivity index (χ3n) is 9.23. The minimum absolute atomic E-state index is 0.784. The van der Waals surface area contributed by atoms with Crippen molar-refractivity contribution >= 4 is 56.5 Å². The molecule has 0 fully saturated rings. The monoisotopic (exact) mass is 620 g/mol. The summed E-state index contributed by atoms with van der Waals surface area (Å²) in [6, 6.07) is 46.7. The molecule has 6 heteroatoms. The molecule has 2 aliphatic rings. The summed E-state index contributed by atoms with van der Waals surface area (Å²) in [6.07, 6.45) is 10.2. The number of aliphatic imine (C=N–C) groups is 1.